The van der Waals surface area contributed by atoms with Gasteiger partial charge in [0, 0.05) is 18.5 Å². The van der Waals surface area contributed by atoms with Crippen LogP contribution in [0.2, 0.25) is 0 Å². The van der Waals surface area contributed by atoms with Crippen LogP contribution < -0.4 is 10.0 Å². The van der Waals surface area contributed by atoms with Crippen molar-refractivity contribution in [2.24, 2.45) is 0 Å². The van der Waals surface area contributed by atoms with Crippen molar-refractivity contribution in [3.8, 4) is 0 Å². The Kier molecular flexibility index (Phi) is 6.27. The molecule has 0 unspecified atom stereocenters. The van der Waals surface area contributed by atoms with Gasteiger partial charge >= 0.3 is 0 Å². The van der Waals surface area contributed by atoms with Gasteiger partial charge in [-0.1, -0.05) is 24.9 Å². The van der Waals surface area contributed by atoms with E-state index in [-0.39, 0.29) is 11.3 Å². The van der Waals surface area contributed by atoms with Crippen LogP contribution in [0.1, 0.15) is 34.8 Å². The van der Waals surface area contributed by atoms with Gasteiger partial charge in [-0.15, -0.1) is 0 Å². The number of fused-ring (bicyclic) bond motifs is 2. The molecule has 2 aromatic carbocycles. The van der Waals surface area contributed by atoms with E-state index in [1.54, 1.807) is 12.1 Å². The first kappa shape index (κ1) is 22.7. The summed E-state index contributed by atoms with van der Waals surface area (Å²) in [5.74, 6) is -1.65. The first-order chi connectivity index (χ1) is 17.1. The average molecular weight is 496 g/mol. The second-order valence-electron chi connectivity index (χ2n) is 7.65. The Balaban J connectivity index is 1.47. The van der Waals surface area contributed by atoms with E-state index in [1.807, 2.05) is 13.0 Å². The number of ketones is 1. The number of hydrogen-bond donors (Lipinski definition) is 3. The Morgan fingerprint density at radius 3 is 2.86 bits per heavy atom. The zero-order valence-electron chi connectivity index (χ0n) is 18.4. The number of anilines is 2. The molecule has 0 aliphatic rings. The second-order valence-corrected chi connectivity index (χ2v) is 8.55. The van der Waals surface area contributed by atoms with Gasteiger partial charge in [0.05, 0.1) is 22.2 Å². The van der Waals surface area contributed by atoms with Crippen LogP contribution in [0, 0.1) is 11.6 Å². The molecule has 178 valence electrons. The molecule has 3 aromatic heterocycles. The Morgan fingerprint density at radius 1 is 1.14 bits per heavy atom. The number of nitrogens with one attached hydrogen (secondary N) is 3. The van der Waals surface area contributed by atoms with Crippen LogP contribution in [0.15, 0.2) is 47.5 Å². The molecule has 0 atom stereocenters. The lowest BCUT2D eigenvalue weighted by atomic mass is 10.0. The fourth-order valence-electron chi connectivity index (χ4n) is 3.60. The monoisotopic (exact) mass is 495 g/mol. The number of carbonyl (C=O) groups excluding carboxylic acids is 1. The van der Waals surface area contributed by atoms with Crippen LogP contribution in [0.4, 0.5) is 20.3 Å². The number of aromatic amines is 1. The molecule has 9 nitrogen and oxygen atoms in total. The molecule has 0 saturated carbocycles. The third-order valence-corrected chi connectivity index (χ3v) is 6.28. The topological polar surface area (TPSA) is 122 Å². The summed E-state index contributed by atoms with van der Waals surface area (Å²) in [6.45, 7) is 2.32. The van der Waals surface area contributed by atoms with Gasteiger partial charge < -0.3 is 15.0 Å². The van der Waals surface area contributed by atoms with Gasteiger partial charge in [-0.05, 0) is 46.6 Å². The quantitative estimate of drug-likeness (QED) is 0.146. The molecule has 0 spiro atoms. The molecule has 0 fully saturated rings. The predicted octanol–water partition coefficient (Wildman–Crippen LogP) is 5.09. The molecule has 0 bridgehead atoms. The minimum absolute atomic E-state index is 0.0420. The molecule has 0 aliphatic carbocycles. The highest BCUT2D eigenvalue weighted by Crippen LogP contribution is 2.30. The lowest BCUT2D eigenvalue weighted by Gasteiger charge is -2.11. The van der Waals surface area contributed by atoms with E-state index >= 15 is 4.39 Å². The van der Waals surface area contributed by atoms with Crippen molar-refractivity contribution in [1.82, 2.24) is 25.3 Å². The Morgan fingerprint density at radius 2 is 2.00 bits per heavy atom. The molecule has 3 N–H and O–H groups in total. The number of H-pyrrole nitrogens is 1. The number of halogens is 2. The van der Waals surface area contributed by atoms with E-state index in [9.17, 15) is 9.18 Å². The van der Waals surface area contributed by atoms with E-state index in [4.69, 9.17) is 4.63 Å². The summed E-state index contributed by atoms with van der Waals surface area (Å²) >= 11 is 1.28. The van der Waals surface area contributed by atoms with Crippen LogP contribution in [0.5, 0.6) is 0 Å². The van der Waals surface area contributed by atoms with Crippen molar-refractivity contribution >= 4 is 51.3 Å². The number of hydrogen-bond acceptors (Lipinski definition) is 9. The lowest BCUT2D eigenvalue weighted by Crippen LogP contribution is -2.10. The summed E-state index contributed by atoms with van der Waals surface area (Å²) in [6.07, 6.45) is 3.59. The highest BCUT2D eigenvalue weighted by molar-refractivity contribution is 8.00. The maximum absolute atomic E-state index is 15.2. The van der Waals surface area contributed by atoms with E-state index in [1.165, 1.54) is 30.5 Å². The highest BCUT2D eigenvalue weighted by Gasteiger charge is 2.26. The van der Waals surface area contributed by atoms with Crippen molar-refractivity contribution in [3.63, 3.8) is 0 Å². The summed E-state index contributed by atoms with van der Waals surface area (Å²) < 4.78 is 37.4. The smallest absolute Gasteiger partial charge is 0.201 e. The van der Waals surface area contributed by atoms with Gasteiger partial charge in [0.1, 0.15) is 34.6 Å². The van der Waals surface area contributed by atoms with Gasteiger partial charge in [0.25, 0.3) is 0 Å². The largest absolute Gasteiger partial charge is 0.365 e. The van der Waals surface area contributed by atoms with Crippen molar-refractivity contribution < 1.29 is 18.2 Å². The zero-order chi connectivity index (χ0) is 24.4. The number of aromatic nitrogens is 5. The highest BCUT2D eigenvalue weighted by atomic mass is 32.2. The molecule has 0 saturated heterocycles. The van der Waals surface area contributed by atoms with Gasteiger partial charge in [0.2, 0.25) is 5.78 Å². The summed E-state index contributed by atoms with van der Waals surface area (Å²) in [5, 5.41) is 11.1. The summed E-state index contributed by atoms with van der Waals surface area (Å²) in [4.78, 5) is 24.6. The molecule has 0 aliphatic heterocycles. The minimum Gasteiger partial charge on any atom is -0.365 e. The van der Waals surface area contributed by atoms with E-state index in [0.717, 1.165) is 23.8 Å². The van der Waals surface area contributed by atoms with Crippen LogP contribution in [0.3, 0.4) is 0 Å². The molecule has 3 heterocycles. The van der Waals surface area contributed by atoms with E-state index in [2.05, 4.69) is 35.3 Å². The summed E-state index contributed by atoms with van der Waals surface area (Å²) in [5.41, 5.74) is 1.90. The third kappa shape index (κ3) is 4.39. The lowest BCUT2D eigenvalue weighted by molar-refractivity contribution is 0.103. The van der Waals surface area contributed by atoms with Crippen LogP contribution in [0.25, 0.3) is 22.1 Å². The van der Waals surface area contributed by atoms with Crippen molar-refractivity contribution in [1.29, 1.82) is 0 Å². The SMILES string of the molecule is CCCSNc1ccc(F)c(C(=O)c2c[nH]c3ncnc(NCc4ccc5nonc5c4)c23)c1F. The molecule has 35 heavy (non-hydrogen) atoms. The Bertz CT molecular complexity index is 1540. The number of nitrogens with zero attached hydrogens (tertiary/aromatic N) is 4. The summed E-state index contributed by atoms with van der Waals surface area (Å²) in [7, 11) is 0. The normalized spacial score (nSPS) is 11.3. The number of rotatable bonds is 9. The van der Waals surface area contributed by atoms with Gasteiger partial charge in [0.15, 0.2) is 5.82 Å². The minimum atomic E-state index is -0.950. The molecule has 0 radical (unpaired) electrons. The molecular formula is C23H19F2N7O2S. The predicted molar refractivity (Wildman–Crippen MR) is 129 cm³/mol. The second kappa shape index (κ2) is 9.66. The molecule has 0 amide bonds. The fourth-order valence-corrected chi connectivity index (χ4v) is 4.22. The standard InChI is InChI=1S/C23H19F2N7O2S/c1-2-7-35-32-16-6-4-14(24)19(20(16)25)21(33)13-10-27-23-18(13)22(28-11-29-23)26-9-12-3-5-15-17(8-12)31-34-30-15/h3-6,8,10-11,32H,2,7,9H2,1H3,(H2,26,27,28,29). The molecule has 12 heteroatoms. The molecule has 5 aromatic rings. The van der Waals surface area contributed by atoms with Crippen LogP contribution >= 0.6 is 11.9 Å². The van der Waals surface area contributed by atoms with Crippen LogP contribution in [-0.4, -0.2) is 36.8 Å². The molecule has 5 rings (SSSR count). The van der Waals surface area contributed by atoms with Crippen molar-refractivity contribution in [2.45, 2.75) is 19.9 Å². The number of benzene rings is 2. The van der Waals surface area contributed by atoms with E-state index in [0.29, 0.717) is 34.4 Å². The van der Waals surface area contributed by atoms with Gasteiger partial charge in [-0.25, -0.2) is 23.4 Å². The Hall–Kier alpha value is -4.06. The maximum atomic E-state index is 15.2. The van der Waals surface area contributed by atoms with Crippen molar-refractivity contribution in [2.75, 3.05) is 15.8 Å². The fraction of sp³-hybridized carbons (Fsp3) is 0.174. The summed E-state index contributed by atoms with van der Waals surface area (Å²) in [6, 6.07) is 7.78. The Labute approximate surface area is 201 Å². The first-order valence-corrected chi connectivity index (χ1v) is 11.7. The molecular weight excluding hydrogens is 476 g/mol. The van der Waals surface area contributed by atoms with Crippen LogP contribution in [-0.2, 0) is 6.54 Å². The maximum Gasteiger partial charge on any atom is 0.201 e. The zero-order valence-corrected chi connectivity index (χ0v) is 19.2. The van der Waals surface area contributed by atoms with E-state index < -0.39 is 23.0 Å². The average Bonchev–Trinajstić information content (AvgIpc) is 3.51. The van der Waals surface area contributed by atoms with Gasteiger partial charge in [-0.2, -0.15) is 0 Å². The van der Waals surface area contributed by atoms with Gasteiger partial charge in [-0.3, -0.25) is 4.79 Å². The third-order valence-electron chi connectivity index (χ3n) is 5.30. The van der Waals surface area contributed by atoms with Crippen molar-refractivity contribution in [3.05, 3.63) is 71.2 Å². The first-order valence-electron chi connectivity index (χ1n) is 10.7. The number of carbonyl (C=O) groups is 1.